The van der Waals surface area contributed by atoms with Crippen molar-refractivity contribution in [3.63, 3.8) is 0 Å². The second kappa shape index (κ2) is 10.4. The summed E-state index contributed by atoms with van der Waals surface area (Å²) in [7, 11) is 0. The van der Waals surface area contributed by atoms with E-state index in [1.165, 1.54) is 0 Å². The molecule has 0 fully saturated rings. The van der Waals surface area contributed by atoms with E-state index in [4.69, 9.17) is 32.6 Å². The molecule has 3 amide bonds. The van der Waals surface area contributed by atoms with E-state index < -0.39 is 29.9 Å². The smallest absolute Gasteiger partial charge is 0.475 e. The lowest BCUT2D eigenvalue weighted by molar-refractivity contribution is -0.192. The van der Waals surface area contributed by atoms with Gasteiger partial charge in [0.2, 0.25) is 0 Å². The summed E-state index contributed by atoms with van der Waals surface area (Å²) in [4.78, 5) is 47.9. The maximum Gasteiger partial charge on any atom is 0.490 e. The minimum absolute atomic E-state index is 0.00386. The number of nitrogens with one attached hydrogen (secondary N) is 2. The average molecular weight is 505 g/mol. The van der Waals surface area contributed by atoms with Crippen LogP contribution < -0.4 is 11.1 Å². The fourth-order valence-corrected chi connectivity index (χ4v) is 3.63. The molecule has 1 aliphatic heterocycles. The number of thiophene rings is 1. The van der Waals surface area contributed by atoms with E-state index >= 15 is 0 Å². The second-order valence-corrected chi connectivity index (χ2v) is 8.19. The Hall–Kier alpha value is -3.45. The lowest BCUT2D eigenvalue weighted by atomic mass is 10.1. The molecule has 5 N–H and O–H groups in total. The molecule has 2 aromatic rings. The van der Waals surface area contributed by atoms with E-state index in [1.54, 1.807) is 30.3 Å². The predicted molar refractivity (Wildman–Crippen MR) is 114 cm³/mol. The number of carboxylic acids is 1. The van der Waals surface area contributed by atoms with E-state index in [9.17, 15) is 27.6 Å². The number of carbonyl (C=O) groups excluding carboxylic acids is 3. The molecular weight excluding hydrogens is 489 g/mol. The molecule has 0 saturated carbocycles. The number of amidine groups is 1. The van der Waals surface area contributed by atoms with Crippen LogP contribution in [0.1, 0.15) is 43.2 Å². The Morgan fingerprint density at radius 2 is 1.82 bits per heavy atom. The largest absolute Gasteiger partial charge is 0.490 e. The number of imide groups is 1. The maximum absolute atomic E-state index is 12.7. The van der Waals surface area contributed by atoms with E-state index in [1.807, 2.05) is 0 Å². The number of halogens is 4. The van der Waals surface area contributed by atoms with Crippen LogP contribution in [0.5, 0.6) is 0 Å². The molecule has 0 radical (unpaired) electrons. The van der Waals surface area contributed by atoms with Gasteiger partial charge in [-0.1, -0.05) is 17.7 Å². The summed E-state index contributed by atoms with van der Waals surface area (Å²) in [6.07, 6.45) is -4.37. The third-order valence-corrected chi connectivity index (χ3v) is 5.34. The summed E-state index contributed by atoms with van der Waals surface area (Å²) in [5.41, 5.74) is 6.01. The first-order valence-electron chi connectivity index (χ1n) is 9.01. The van der Waals surface area contributed by atoms with Crippen molar-refractivity contribution in [2.45, 2.75) is 19.0 Å². The number of aliphatic carboxylic acids is 1. The lowest BCUT2D eigenvalue weighted by Crippen LogP contribution is -2.31. The van der Waals surface area contributed by atoms with Crippen LogP contribution in [0.25, 0.3) is 0 Å². The molecule has 33 heavy (non-hydrogen) atoms. The molecule has 0 saturated heterocycles. The standard InChI is InChI=1S/C17H15ClN4O3S.C2HF3O2/c18-12-7-6-11(26-12)15(23)21-10-4-1-3-9-14(10)17(25)22(16(9)24)8-2-5-13(19)20;3-2(4,5)1(6)7/h1,3-4,6-7H,2,5,8H2,(H3,19,20)(H,21,23);(H,6,7). The number of rotatable bonds is 6. The Balaban J connectivity index is 0.000000479. The summed E-state index contributed by atoms with van der Waals surface area (Å²) < 4.78 is 32.2. The number of carbonyl (C=O) groups is 4. The third kappa shape index (κ3) is 6.52. The fraction of sp³-hybridized carbons (Fsp3) is 0.211. The number of fused-ring (bicyclic) bond motifs is 1. The van der Waals surface area contributed by atoms with Gasteiger partial charge in [-0.3, -0.25) is 24.7 Å². The van der Waals surface area contributed by atoms with Gasteiger partial charge in [0.1, 0.15) is 0 Å². The molecule has 1 aliphatic rings. The van der Waals surface area contributed by atoms with Crippen LogP contribution in [0.2, 0.25) is 4.34 Å². The van der Waals surface area contributed by atoms with Gasteiger partial charge in [0, 0.05) is 13.0 Å². The fourth-order valence-electron chi connectivity index (χ4n) is 2.69. The van der Waals surface area contributed by atoms with Gasteiger partial charge in [0.25, 0.3) is 17.7 Å². The normalized spacial score (nSPS) is 12.7. The Morgan fingerprint density at radius 3 is 2.33 bits per heavy atom. The van der Waals surface area contributed by atoms with Crippen LogP contribution in [0.4, 0.5) is 18.9 Å². The van der Waals surface area contributed by atoms with Gasteiger partial charge in [0.15, 0.2) is 0 Å². The average Bonchev–Trinajstić information content (AvgIpc) is 3.25. The zero-order valence-electron chi connectivity index (χ0n) is 16.5. The monoisotopic (exact) mass is 504 g/mol. The number of hydrogen-bond acceptors (Lipinski definition) is 6. The molecule has 0 bridgehead atoms. The molecular formula is C19H16ClF3N4O5S. The van der Waals surface area contributed by atoms with Crippen LogP contribution in [0.3, 0.4) is 0 Å². The van der Waals surface area contributed by atoms with Crippen molar-refractivity contribution >= 4 is 58.2 Å². The molecule has 0 spiro atoms. The van der Waals surface area contributed by atoms with E-state index in [2.05, 4.69) is 5.32 Å². The summed E-state index contributed by atoms with van der Waals surface area (Å²) in [5.74, 6) is -4.03. The first-order chi connectivity index (χ1) is 15.3. The number of anilines is 1. The Bertz CT molecular complexity index is 1120. The number of nitrogens with two attached hydrogens (primary N) is 1. The number of carboxylic acid groups (broad SMARTS) is 1. The van der Waals surface area contributed by atoms with Gasteiger partial charge in [-0.15, -0.1) is 11.3 Å². The number of alkyl halides is 3. The number of hydrogen-bond donors (Lipinski definition) is 4. The summed E-state index contributed by atoms with van der Waals surface area (Å²) >= 11 is 6.97. The van der Waals surface area contributed by atoms with Crippen molar-refractivity contribution in [1.29, 1.82) is 5.41 Å². The topological polar surface area (TPSA) is 154 Å². The highest BCUT2D eigenvalue weighted by atomic mass is 35.5. The Kier molecular flexibility index (Phi) is 8.17. The van der Waals surface area contributed by atoms with Crippen molar-refractivity contribution in [2.75, 3.05) is 11.9 Å². The highest BCUT2D eigenvalue weighted by Crippen LogP contribution is 2.30. The van der Waals surface area contributed by atoms with Gasteiger partial charge < -0.3 is 16.2 Å². The molecule has 3 rings (SSSR count). The van der Waals surface area contributed by atoms with Gasteiger partial charge in [-0.25, -0.2) is 4.79 Å². The van der Waals surface area contributed by atoms with Crippen LogP contribution in [0, 0.1) is 5.41 Å². The third-order valence-electron chi connectivity index (χ3n) is 4.11. The van der Waals surface area contributed by atoms with Crippen molar-refractivity contribution in [3.05, 3.63) is 50.7 Å². The zero-order chi connectivity index (χ0) is 24.9. The van der Waals surface area contributed by atoms with E-state index in [-0.39, 0.29) is 29.2 Å². The minimum atomic E-state index is -5.08. The SMILES string of the molecule is N=C(N)CCCN1C(=O)c2cccc(NC(=O)c3ccc(Cl)s3)c2C1=O.O=C(O)C(F)(F)F. The van der Waals surface area contributed by atoms with Crippen LogP contribution >= 0.6 is 22.9 Å². The first-order valence-corrected chi connectivity index (χ1v) is 10.2. The van der Waals surface area contributed by atoms with E-state index in [0.29, 0.717) is 22.1 Å². The van der Waals surface area contributed by atoms with Crippen LogP contribution in [-0.4, -0.2) is 52.3 Å². The summed E-state index contributed by atoms with van der Waals surface area (Å²) in [6.45, 7) is 0.167. The van der Waals surface area contributed by atoms with Crippen LogP contribution in [0.15, 0.2) is 30.3 Å². The van der Waals surface area contributed by atoms with Gasteiger partial charge >= 0.3 is 12.1 Å². The molecule has 0 aliphatic carbocycles. The van der Waals surface area contributed by atoms with Gasteiger partial charge in [-0.2, -0.15) is 13.2 Å². The predicted octanol–water partition coefficient (Wildman–Crippen LogP) is 3.60. The Morgan fingerprint density at radius 1 is 1.18 bits per heavy atom. The first kappa shape index (κ1) is 25.8. The van der Waals surface area contributed by atoms with Crippen molar-refractivity contribution in [1.82, 2.24) is 4.90 Å². The highest BCUT2D eigenvalue weighted by Gasteiger charge is 2.38. The van der Waals surface area contributed by atoms with Gasteiger partial charge in [-0.05, 0) is 30.7 Å². The van der Waals surface area contributed by atoms with Crippen LogP contribution in [-0.2, 0) is 4.79 Å². The lowest BCUT2D eigenvalue weighted by Gasteiger charge is -2.13. The Labute approximate surface area is 193 Å². The van der Waals surface area contributed by atoms with E-state index in [0.717, 1.165) is 16.2 Å². The molecule has 1 aromatic carbocycles. The second-order valence-electron chi connectivity index (χ2n) is 6.48. The zero-order valence-corrected chi connectivity index (χ0v) is 18.1. The quantitative estimate of drug-likeness (QED) is 0.268. The number of benzene rings is 1. The maximum atomic E-state index is 12.7. The molecule has 0 atom stereocenters. The van der Waals surface area contributed by atoms with Crippen molar-refractivity contribution < 1.29 is 37.5 Å². The number of nitrogens with zero attached hydrogens (tertiary/aromatic N) is 1. The minimum Gasteiger partial charge on any atom is -0.475 e. The molecule has 9 nitrogen and oxygen atoms in total. The summed E-state index contributed by atoms with van der Waals surface area (Å²) in [6, 6.07) is 7.95. The molecule has 2 heterocycles. The molecule has 1 aromatic heterocycles. The molecule has 176 valence electrons. The highest BCUT2D eigenvalue weighted by molar-refractivity contribution is 7.18. The number of amides is 3. The summed E-state index contributed by atoms with van der Waals surface area (Å²) in [5, 5.41) is 17.0. The molecule has 14 heteroatoms. The van der Waals surface area contributed by atoms with Gasteiger partial charge in [0.05, 0.1) is 31.9 Å². The van der Waals surface area contributed by atoms with Crippen molar-refractivity contribution in [3.8, 4) is 0 Å². The molecule has 0 unspecified atom stereocenters. The van der Waals surface area contributed by atoms with Crippen molar-refractivity contribution in [2.24, 2.45) is 5.73 Å².